The fourth-order valence-corrected chi connectivity index (χ4v) is 2.13. The van der Waals surface area contributed by atoms with Crippen molar-refractivity contribution < 1.29 is 5.11 Å². The highest BCUT2D eigenvalue weighted by molar-refractivity contribution is 7.11. The van der Waals surface area contributed by atoms with Crippen molar-refractivity contribution in [1.82, 2.24) is 10.3 Å². The van der Waals surface area contributed by atoms with E-state index in [-0.39, 0.29) is 0 Å². The fraction of sp³-hybridized carbons (Fsp3) is 0.750. The zero-order valence-electron chi connectivity index (χ0n) is 10.6. The normalized spacial score (nSPS) is 15.4. The lowest BCUT2D eigenvalue weighted by molar-refractivity contribution is 0.0555. The molecule has 0 aliphatic carbocycles. The van der Waals surface area contributed by atoms with Gasteiger partial charge in [0, 0.05) is 24.2 Å². The summed E-state index contributed by atoms with van der Waals surface area (Å²) in [6.45, 7) is 9.54. The Morgan fingerprint density at radius 1 is 1.56 bits per heavy atom. The van der Waals surface area contributed by atoms with Crippen molar-refractivity contribution >= 4 is 11.3 Å². The topological polar surface area (TPSA) is 45.1 Å². The van der Waals surface area contributed by atoms with E-state index < -0.39 is 5.60 Å². The van der Waals surface area contributed by atoms with E-state index in [0.717, 1.165) is 18.0 Å². The molecule has 1 atom stereocenters. The molecule has 1 aromatic rings. The van der Waals surface area contributed by atoms with E-state index in [1.165, 1.54) is 4.88 Å². The van der Waals surface area contributed by atoms with Gasteiger partial charge in [-0.2, -0.15) is 0 Å². The van der Waals surface area contributed by atoms with E-state index in [2.05, 4.69) is 24.1 Å². The molecular weight excluding hydrogens is 220 g/mol. The monoisotopic (exact) mass is 242 g/mol. The number of hydrogen-bond donors (Lipinski definition) is 2. The standard InChI is InChI=1S/C12H22N2OS/c1-5-12(4,15)8-13-7-11-14-6-10(16-11)9(2)3/h6,9,13,15H,5,7-8H2,1-4H3. The van der Waals surface area contributed by atoms with Crippen molar-refractivity contribution in [1.29, 1.82) is 0 Å². The van der Waals surface area contributed by atoms with Crippen molar-refractivity contribution in [3.8, 4) is 0 Å². The fourth-order valence-electron chi connectivity index (χ4n) is 1.24. The average molecular weight is 242 g/mol. The van der Waals surface area contributed by atoms with Crippen molar-refractivity contribution in [3.63, 3.8) is 0 Å². The maximum atomic E-state index is 9.82. The lowest BCUT2D eigenvalue weighted by Crippen LogP contribution is -2.36. The third-order valence-corrected chi connectivity index (χ3v) is 3.98. The van der Waals surface area contributed by atoms with Gasteiger partial charge in [0.2, 0.25) is 0 Å². The summed E-state index contributed by atoms with van der Waals surface area (Å²) in [6, 6.07) is 0. The molecule has 1 rings (SSSR count). The summed E-state index contributed by atoms with van der Waals surface area (Å²) >= 11 is 1.74. The van der Waals surface area contributed by atoms with Crippen LogP contribution in [0.1, 0.15) is 49.9 Å². The molecule has 2 N–H and O–H groups in total. The molecular formula is C12H22N2OS. The maximum Gasteiger partial charge on any atom is 0.107 e. The molecule has 0 aromatic carbocycles. The van der Waals surface area contributed by atoms with Gasteiger partial charge < -0.3 is 10.4 Å². The van der Waals surface area contributed by atoms with Crippen LogP contribution in [-0.2, 0) is 6.54 Å². The van der Waals surface area contributed by atoms with Crippen LogP contribution in [-0.4, -0.2) is 22.2 Å². The number of nitrogens with one attached hydrogen (secondary N) is 1. The van der Waals surface area contributed by atoms with E-state index in [0.29, 0.717) is 12.5 Å². The van der Waals surface area contributed by atoms with Gasteiger partial charge in [0.25, 0.3) is 0 Å². The van der Waals surface area contributed by atoms with E-state index in [1.807, 2.05) is 20.0 Å². The van der Waals surface area contributed by atoms with Crippen LogP contribution in [0.2, 0.25) is 0 Å². The van der Waals surface area contributed by atoms with E-state index in [9.17, 15) is 5.11 Å². The highest BCUT2D eigenvalue weighted by atomic mass is 32.1. The number of aliphatic hydroxyl groups is 1. The smallest absolute Gasteiger partial charge is 0.107 e. The lowest BCUT2D eigenvalue weighted by Gasteiger charge is -2.21. The summed E-state index contributed by atoms with van der Waals surface area (Å²) in [6.07, 6.45) is 2.71. The Kier molecular flexibility index (Phi) is 4.89. The predicted molar refractivity (Wildman–Crippen MR) is 68.8 cm³/mol. The second kappa shape index (κ2) is 5.75. The summed E-state index contributed by atoms with van der Waals surface area (Å²) in [5.74, 6) is 0.546. The number of aromatic nitrogens is 1. The van der Waals surface area contributed by atoms with Crippen LogP contribution in [0.4, 0.5) is 0 Å². The Hall–Kier alpha value is -0.450. The van der Waals surface area contributed by atoms with E-state index in [1.54, 1.807) is 11.3 Å². The van der Waals surface area contributed by atoms with Crippen LogP contribution < -0.4 is 5.32 Å². The maximum absolute atomic E-state index is 9.82. The highest BCUT2D eigenvalue weighted by Gasteiger charge is 2.16. The molecule has 92 valence electrons. The number of nitrogens with zero attached hydrogens (tertiary/aromatic N) is 1. The first-order valence-electron chi connectivity index (χ1n) is 5.82. The molecule has 0 aliphatic rings. The van der Waals surface area contributed by atoms with Crippen LogP contribution in [0, 0.1) is 0 Å². The molecule has 0 saturated carbocycles. The highest BCUT2D eigenvalue weighted by Crippen LogP contribution is 2.21. The molecule has 0 saturated heterocycles. The molecule has 1 unspecified atom stereocenters. The lowest BCUT2D eigenvalue weighted by atomic mass is 10.0. The van der Waals surface area contributed by atoms with Crippen LogP contribution in [0.5, 0.6) is 0 Å². The number of hydrogen-bond acceptors (Lipinski definition) is 4. The minimum absolute atomic E-state index is 0.546. The summed E-state index contributed by atoms with van der Waals surface area (Å²) in [4.78, 5) is 5.68. The van der Waals surface area contributed by atoms with Gasteiger partial charge in [-0.1, -0.05) is 20.8 Å². The Morgan fingerprint density at radius 2 is 2.25 bits per heavy atom. The van der Waals surface area contributed by atoms with Crippen LogP contribution in [0.3, 0.4) is 0 Å². The molecule has 4 heteroatoms. The first-order chi connectivity index (χ1) is 7.44. The molecule has 16 heavy (non-hydrogen) atoms. The average Bonchev–Trinajstić information content (AvgIpc) is 2.66. The van der Waals surface area contributed by atoms with Crippen molar-refractivity contribution in [2.75, 3.05) is 6.54 Å². The van der Waals surface area contributed by atoms with Gasteiger partial charge in [0.1, 0.15) is 5.01 Å². The van der Waals surface area contributed by atoms with Crippen molar-refractivity contribution in [2.45, 2.75) is 52.2 Å². The minimum atomic E-state index is -0.613. The van der Waals surface area contributed by atoms with E-state index in [4.69, 9.17) is 0 Å². The molecule has 1 heterocycles. The largest absolute Gasteiger partial charge is 0.389 e. The van der Waals surface area contributed by atoms with Gasteiger partial charge in [-0.15, -0.1) is 11.3 Å². The number of rotatable bonds is 6. The van der Waals surface area contributed by atoms with Crippen molar-refractivity contribution in [2.24, 2.45) is 0 Å². The second-order valence-electron chi connectivity index (χ2n) is 4.77. The molecule has 0 fully saturated rings. The van der Waals surface area contributed by atoms with Gasteiger partial charge in [-0.05, 0) is 19.3 Å². The first kappa shape index (κ1) is 13.6. The molecule has 1 aromatic heterocycles. The minimum Gasteiger partial charge on any atom is -0.389 e. The van der Waals surface area contributed by atoms with E-state index >= 15 is 0 Å². The second-order valence-corrected chi connectivity index (χ2v) is 5.91. The third kappa shape index (κ3) is 4.20. The van der Waals surface area contributed by atoms with Crippen LogP contribution in [0.15, 0.2) is 6.20 Å². The number of thiazole rings is 1. The first-order valence-corrected chi connectivity index (χ1v) is 6.64. The zero-order valence-corrected chi connectivity index (χ0v) is 11.4. The molecule has 3 nitrogen and oxygen atoms in total. The zero-order chi connectivity index (χ0) is 12.2. The Labute approximate surface area is 102 Å². The van der Waals surface area contributed by atoms with Gasteiger partial charge in [0.15, 0.2) is 0 Å². The Morgan fingerprint density at radius 3 is 2.75 bits per heavy atom. The quantitative estimate of drug-likeness (QED) is 0.805. The molecule has 0 aliphatic heterocycles. The predicted octanol–water partition coefficient (Wildman–Crippen LogP) is 2.52. The molecule has 0 spiro atoms. The van der Waals surface area contributed by atoms with Gasteiger partial charge in [-0.25, -0.2) is 4.98 Å². The molecule has 0 amide bonds. The summed E-state index contributed by atoms with van der Waals surface area (Å²) in [5.41, 5.74) is -0.613. The summed E-state index contributed by atoms with van der Waals surface area (Å²) in [7, 11) is 0. The van der Waals surface area contributed by atoms with Gasteiger partial charge in [0.05, 0.1) is 5.60 Å². The van der Waals surface area contributed by atoms with Gasteiger partial charge in [-0.3, -0.25) is 0 Å². The van der Waals surface area contributed by atoms with Gasteiger partial charge >= 0.3 is 0 Å². The van der Waals surface area contributed by atoms with Crippen LogP contribution >= 0.6 is 11.3 Å². The Balaban J connectivity index is 2.37. The Bertz CT molecular complexity index is 321. The van der Waals surface area contributed by atoms with Crippen LogP contribution in [0.25, 0.3) is 0 Å². The summed E-state index contributed by atoms with van der Waals surface area (Å²) < 4.78 is 0. The molecule has 0 radical (unpaired) electrons. The molecule has 0 bridgehead atoms. The van der Waals surface area contributed by atoms with Crippen molar-refractivity contribution in [3.05, 3.63) is 16.1 Å². The summed E-state index contributed by atoms with van der Waals surface area (Å²) in [5, 5.41) is 14.2. The third-order valence-electron chi connectivity index (χ3n) is 2.68. The SMILES string of the molecule is CCC(C)(O)CNCc1ncc(C(C)C)s1.